The van der Waals surface area contributed by atoms with Gasteiger partial charge in [0.05, 0.1) is 23.3 Å². The number of fused-ring (bicyclic) bond motifs is 1. The lowest BCUT2D eigenvalue weighted by atomic mass is 10.2. The van der Waals surface area contributed by atoms with Crippen LogP contribution in [0.25, 0.3) is 10.9 Å². The first kappa shape index (κ1) is 13.6. The lowest BCUT2D eigenvalue weighted by molar-refractivity contribution is -0.105. The first-order chi connectivity index (χ1) is 10.2. The van der Waals surface area contributed by atoms with E-state index in [0.717, 1.165) is 10.9 Å². The predicted molar refractivity (Wildman–Crippen MR) is 79.9 cm³/mol. The molecule has 1 N–H and O–H groups in total. The number of carbonyl (C=O) groups excluding carboxylic acids is 1. The Bertz CT molecular complexity index is 793. The number of pyridine rings is 1. The third kappa shape index (κ3) is 2.60. The summed E-state index contributed by atoms with van der Waals surface area (Å²) in [5.41, 5.74) is 1.60. The molecule has 0 radical (unpaired) electrons. The van der Waals surface area contributed by atoms with Crippen molar-refractivity contribution in [2.24, 2.45) is 0 Å². The van der Waals surface area contributed by atoms with Crippen LogP contribution in [0.2, 0.25) is 5.02 Å². The summed E-state index contributed by atoms with van der Waals surface area (Å²) in [6.45, 7) is 0.293. The number of rotatable bonds is 4. The van der Waals surface area contributed by atoms with Gasteiger partial charge in [-0.2, -0.15) is 0 Å². The van der Waals surface area contributed by atoms with Gasteiger partial charge in [0.15, 0.2) is 0 Å². The van der Waals surface area contributed by atoms with E-state index in [1.807, 2.05) is 22.9 Å². The molecule has 1 amide bonds. The van der Waals surface area contributed by atoms with Gasteiger partial charge in [0, 0.05) is 29.0 Å². The highest BCUT2D eigenvalue weighted by Crippen LogP contribution is 2.26. The first-order valence-electron chi connectivity index (χ1n) is 6.26. The van der Waals surface area contributed by atoms with E-state index in [1.54, 1.807) is 12.4 Å². The average Bonchev–Trinajstić information content (AvgIpc) is 2.86. The number of carbonyl (C=O) groups is 1. The van der Waals surface area contributed by atoms with Gasteiger partial charge >= 0.3 is 0 Å². The largest absolute Gasteiger partial charge is 0.342 e. The molecule has 0 fully saturated rings. The molecule has 0 spiro atoms. The molecule has 6 heteroatoms. The molecule has 0 bridgehead atoms. The second kappa shape index (κ2) is 5.54. The van der Waals surface area contributed by atoms with Crippen LogP contribution in [-0.4, -0.2) is 16.0 Å². The molecular weight excluding hydrogens is 293 g/mol. The number of amides is 1. The minimum atomic E-state index is -0.461. The van der Waals surface area contributed by atoms with Crippen molar-refractivity contribution in [3.05, 3.63) is 59.3 Å². The maximum Gasteiger partial charge on any atom is 0.211 e. The smallest absolute Gasteiger partial charge is 0.211 e. The molecular formula is C15H11ClFN3O. The van der Waals surface area contributed by atoms with Crippen LogP contribution in [0.3, 0.4) is 0 Å². The second-order valence-corrected chi connectivity index (χ2v) is 4.97. The molecule has 0 saturated heterocycles. The van der Waals surface area contributed by atoms with Crippen molar-refractivity contribution in [3.8, 4) is 0 Å². The topological polar surface area (TPSA) is 46.9 Å². The third-order valence-electron chi connectivity index (χ3n) is 3.27. The normalized spacial score (nSPS) is 10.8. The fourth-order valence-electron chi connectivity index (χ4n) is 2.24. The van der Waals surface area contributed by atoms with Crippen LogP contribution in [-0.2, 0) is 11.3 Å². The van der Waals surface area contributed by atoms with Crippen molar-refractivity contribution in [1.82, 2.24) is 9.55 Å². The van der Waals surface area contributed by atoms with Crippen LogP contribution >= 0.6 is 11.6 Å². The van der Waals surface area contributed by atoms with E-state index in [-0.39, 0.29) is 5.02 Å². The van der Waals surface area contributed by atoms with Gasteiger partial charge in [-0.15, -0.1) is 0 Å². The number of aromatic nitrogens is 2. The number of hydrogen-bond acceptors (Lipinski definition) is 2. The first-order valence-corrected chi connectivity index (χ1v) is 6.64. The highest BCUT2D eigenvalue weighted by Gasteiger charge is 2.11. The predicted octanol–water partition coefficient (Wildman–Crippen LogP) is 3.45. The fraction of sp³-hybridized carbons (Fsp3) is 0.0667. The quantitative estimate of drug-likeness (QED) is 0.750. The summed E-state index contributed by atoms with van der Waals surface area (Å²) < 4.78 is 16.0. The summed E-state index contributed by atoms with van der Waals surface area (Å²) >= 11 is 6.11. The molecule has 0 aliphatic heterocycles. The lowest BCUT2D eigenvalue weighted by Crippen LogP contribution is -2.03. The van der Waals surface area contributed by atoms with Crippen molar-refractivity contribution in [3.63, 3.8) is 0 Å². The van der Waals surface area contributed by atoms with E-state index in [2.05, 4.69) is 10.3 Å². The van der Waals surface area contributed by atoms with E-state index in [4.69, 9.17) is 11.6 Å². The lowest BCUT2D eigenvalue weighted by Gasteiger charge is -2.10. The Morgan fingerprint density at radius 1 is 1.38 bits per heavy atom. The molecule has 21 heavy (non-hydrogen) atoms. The second-order valence-electron chi connectivity index (χ2n) is 4.56. The van der Waals surface area contributed by atoms with Crippen molar-refractivity contribution >= 4 is 34.6 Å². The Balaban J connectivity index is 2.00. The van der Waals surface area contributed by atoms with Gasteiger partial charge in [0.2, 0.25) is 6.41 Å². The molecule has 3 rings (SSSR count). The van der Waals surface area contributed by atoms with Crippen LogP contribution in [0, 0.1) is 5.82 Å². The van der Waals surface area contributed by atoms with Crippen molar-refractivity contribution in [1.29, 1.82) is 0 Å². The number of hydrogen-bond donors (Lipinski definition) is 1. The maximum absolute atomic E-state index is 14.2. The van der Waals surface area contributed by atoms with Gasteiger partial charge in [-0.05, 0) is 24.3 Å². The number of benzene rings is 1. The van der Waals surface area contributed by atoms with Gasteiger partial charge in [0.25, 0.3) is 0 Å². The molecule has 4 nitrogen and oxygen atoms in total. The molecule has 106 valence electrons. The van der Waals surface area contributed by atoms with Crippen LogP contribution in [0.15, 0.2) is 42.9 Å². The average molecular weight is 304 g/mol. The molecule has 1 aromatic carbocycles. The fourth-order valence-corrected chi connectivity index (χ4v) is 2.51. The zero-order valence-corrected chi connectivity index (χ0v) is 11.6. The summed E-state index contributed by atoms with van der Waals surface area (Å²) in [5.74, 6) is -0.461. The van der Waals surface area contributed by atoms with Crippen molar-refractivity contribution in [2.45, 2.75) is 6.54 Å². The van der Waals surface area contributed by atoms with E-state index >= 15 is 0 Å². The molecule has 2 heterocycles. The number of halogens is 2. The van der Waals surface area contributed by atoms with Gasteiger partial charge in [-0.25, -0.2) is 4.39 Å². The van der Waals surface area contributed by atoms with Crippen LogP contribution in [0.1, 0.15) is 5.56 Å². The Hall–Kier alpha value is -2.40. The van der Waals surface area contributed by atoms with Crippen LogP contribution in [0.4, 0.5) is 10.1 Å². The minimum absolute atomic E-state index is 0.269. The Labute approximate surface area is 125 Å². The van der Waals surface area contributed by atoms with Crippen LogP contribution < -0.4 is 5.32 Å². The molecule has 3 aromatic rings. The van der Waals surface area contributed by atoms with Gasteiger partial charge in [-0.1, -0.05) is 11.6 Å². The Kier molecular flexibility index (Phi) is 3.58. The van der Waals surface area contributed by atoms with Gasteiger partial charge in [-0.3, -0.25) is 9.78 Å². The summed E-state index contributed by atoms with van der Waals surface area (Å²) in [5, 5.41) is 3.68. The minimum Gasteiger partial charge on any atom is -0.342 e. The highest BCUT2D eigenvalue weighted by atomic mass is 35.5. The monoisotopic (exact) mass is 303 g/mol. The maximum atomic E-state index is 14.2. The van der Waals surface area contributed by atoms with Crippen molar-refractivity contribution in [2.75, 3.05) is 5.32 Å². The highest BCUT2D eigenvalue weighted by molar-refractivity contribution is 6.31. The van der Waals surface area contributed by atoms with E-state index in [0.29, 0.717) is 24.2 Å². The molecule has 2 aromatic heterocycles. The Morgan fingerprint density at radius 2 is 2.24 bits per heavy atom. The molecule has 0 unspecified atom stereocenters. The van der Waals surface area contributed by atoms with E-state index < -0.39 is 5.82 Å². The Morgan fingerprint density at radius 3 is 3.00 bits per heavy atom. The molecule has 0 atom stereocenters. The van der Waals surface area contributed by atoms with E-state index in [1.165, 1.54) is 12.1 Å². The molecule has 0 saturated carbocycles. The summed E-state index contributed by atoms with van der Waals surface area (Å²) in [4.78, 5) is 14.5. The summed E-state index contributed by atoms with van der Waals surface area (Å²) in [6.07, 6.45) is 5.78. The standard InChI is InChI=1S/C15H11ClFN3O/c16-13-5-11(19-9-21)6-14(17)12(13)8-20-4-2-10-1-3-18-7-15(10)20/h1-7,9H,8H2,(H,19,21). The summed E-state index contributed by atoms with van der Waals surface area (Å²) in [7, 11) is 0. The number of nitrogens with one attached hydrogen (secondary N) is 1. The third-order valence-corrected chi connectivity index (χ3v) is 3.61. The van der Waals surface area contributed by atoms with Gasteiger partial charge < -0.3 is 9.88 Å². The SMILES string of the molecule is O=CNc1cc(F)c(Cn2ccc3ccncc32)c(Cl)c1. The molecule has 0 aliphatic carbocycles. The number of nitrogens with zero attached hydrogens (tertiary/aromatic N) is 2. The summed E-state index contributed by atoms with van der Waals surface area (Å²) in [6, 6.07) is 6.60. The number of anilines is 1. The van der Waals surface area contributed by atoms with Gasteiger partial charge in [0.1, 0.15) is 5.82 Å². The van der Waals surface area contributed by atoms with Crippen molar-refractivity contribution < 1.29 is 9.18 Å². The molecule has 0 aliphatic rings. The zero-order chi connectivity index (χ0) is 14.8. The zero-order valence-electron chi connectivity index (χ0n) is 10.9. The van der Waals surface area contributed by atoms with Crippen LogP contribution in [0.5, 0.6) is 0 Å². The van der Waals surface area contributed by atoms with E-state index in [9.17, 15) is 9.18 Å².